The minimum absolute atomic E-state index is 0.176. The van der Waals surface area contributed by atoms with Crippen molar-refractivity contribution in [1.29, 1.82) is 0 Å². The monoisotopic (exact) mass is 410 g/mol. The Labute approximate surface area is 169 Å². The molecule has 2 aromatic carbocycles. The van der Waals surface area contributed by atoms with Crippen molar-refractivity contribution in [2.75, 3.05) is 13.2 Å². The highest BCUT2D eigenvalue weighted by atomic mass is 35.5. The number of carboxylic acids is 1. The van der Waals surface area contributed by atoms with Crippen LogP contribution in [0.2, 0.25) is 5.02 Å². The van der Waals surface area contributed by atoms with Crippen LogP contribution in [-0.4, -0.2) is 36.6 Å². The number of halogens is 2. The molecule has 0 heterocycles. The zero-order valence-corrected chi connectivity index (χ0v) is 16.8. The van der Waals surface area contributed by atoms with Crippen LogP contribution in [-0.2, 0) is 15.1 Å². The van der Waals surface area contributed by atoms with Crippen molar-refractivity contribution >= 4 is 17.6 Å². The zero-order chi connectivity index (χ0) is 20.7. The predicted octanol–water partition coefficient (Wildman–Crippen LogP) is 4.86. The molecule has 5 nitrogen and oxygen atoms in total. The predicted molar refractivity (Wildman–Crippen MR) is 105 cm³/mol. The van der Waals surface area contributed by atoms with Gasteiger partial charge in [0.15, 0.2) is 11.8 Å². The second-order valence-electron chi connectivity index (χ2n) is 6.71. The van der Waals surface area contributed by atoms with Crippen molar-refractivity contribution in [3.05, 3.63) is 59.1 Å². The minimum atomic E-state index is -1.53. The summed E-state index contributed by atoms with van der Waals surface area (Å²) in [5.41, 5.74) is -1.11. The molecule has 2 aromatic rings. The number of ether oxygens (including phenoxy) is 3. The lowest BCUT2D eigenvalue weighted by Gasteiger charge is -2.28. The van der Waals surface area contributed by atoms with Gasteiger partial charge in [-0.05, 0) is 62.7 Å². The highest BCUT2D eigenvalue weighted by Crippen LogP contribution is 2.30. The molecule has 0 aromatic heterocycles. The molecule has 0 saturated carbocycles. The molecule has 152 valence electrons. The first kappa shape index (κ1) is 22.0. The van der Waals surface area contributed by atoms with Gasteiger partial charge in [-0.25, -0.2) is 9.18 Å². The van der Waals surface area contributed by atoms with Crippen LogP contribution >= 0.6 is 11.6 Å². The Kier molecular flexibility index (Phi) is 7.66. The Morgan fingerprint density at radius 1 is 1.11 bits per heavy atom. The van der Waals surface area contributed by atoms with Gasteiger partial charge in [-0.2, -0.15) is 0 Å². The Morgan fingerprint density at radius 3 is 2.29 bits per heavy atom. The van der Waals surface area contributed by atoms with Crippen LogP contribution in [0.1, 0.15) is 26.3 Å². The Morgan fingerprint density at radius 2 is 1.71 bits per heavy atom. The SMILES string of the molecule is CC(C)O[C@](C)(C(=O)O)c1cccc(OC[C@@H](F)COc2ccc(Cl)cc2)c1. The molecule has 0 bridgehead atoms. The van der Waals surface area contributed by atoms with Gasteiger partial charge in [0, 0.05) is 5.02 Å². The third kappa shape index (κ3) is 6.11. The van der Waals surface area contributed by atoms with Gasteiger partial charge in [0.05, 0.1) is 6.10 Å². The number of hydrogen-bond acceptors (Lipinski definition) is 4. The number of aliphatic carboxylic acids is 1. The van der Waals surface area contributed by atoms with E-state index in [0.29, 0.717) is 22.1 Å². The first-order valence-corrected chi connectivity index (χ1v) is 9.25. The molecule has 0 aliphatic rings. The van der Waals surface area contributed by atoms with Crippen molar-refractivity contribution in [2.24, 2.45) is 0 Å². The topological polar surface area (TPSA) is 65.0 Å². The normalized spacial score (nSPS) is 14.4. The molecule has 0 saturated heterocycles. The molecule has 0 aliphatic heterocycles. The zero-order valence-electron chi connectivity index (χ0n) is 16.0. The van der Waals surface area contributed by atoms with Gasteiger partial charge in [-0.1, -0.05) is 23.7 Å². The fourth-order valence-corrected chi connectivity index (χ4v) is 2.67. The van der Waals surface area contributed by atoms with E-state index in [1.54, 1.807) is 62.4 Å². The van der Waals surface area contributed by atoms with E-state index < -0.39 is 17.7 Å². The molecule has 2 atom stereocenters. The van der Waals surface area contributed by atoms with E-state index in [2.05, 4.69) is 0 Å². The van der Waals surface area contributed by atoms with Crippen LogP contribution in [0, 0.1) is 0 Å². The third-order valence-corrected chi connectivity index (χ3v) is 4.19. The number of hydrogen-bond donors (Lipinski definition) is 1. The number of carbonyl (C=O) groups is 1. The average molecular weight is 411 g/mol. The standard InChI is InChI=1S/C21H24ClFO5/c1-14(2)28-21(3,20(24)25)15-5-4-6-19(11-15)27-13-17(23)12-26-18-9-7-16(22)8-10-18/h4-11,14,17H,12-13H2,1-3H3,(H,24,25)/t17-,21-/m0/s1. The maximum Gasteiger partial charge on any atom is 0.340 e. The molecular weight excluding hydrogens is 387 g/mol. The maximum atomic E-state index is 14.1. The van der Waals surface area contributed by atoms with E-state index >= 15 is 0 Å². The van der Waals surface area contributed by atoms with E-state index in [9.17, 15) is 14.3 Å². The summed E-state index contributed by atoms with van der Waals surface area (Å²) in [6, 6.07) is 13.1. The summed E-state index contributed by atoms with van der Waals surface area (Å²) in [4.78, 5) is 11.7. The van der Waals surface area contributed by atoms with E-state index in [-0.39, 0.29) is 19.3 Å². The number of benzene rings is 2. The van der Waals surface area contributed by atoms with Crippen LogP contribution < -0.4 is 9.47 Å². The second-order valence-corrected chi connectivity index (χ2v) is 7.14. The molecule has 0 spiro atoms. The molecule has 0 fully saturated rings. The van der Waals surface area contributed by atoms with Gasteiger partial charge >= 0.3 is 5.97 Å². The van der Waals surface area contributed by atoms with Crippen LogP contribution in [0.3, 0.4) is 0 Å². The van der Waals surface area contributed by atoms with Crippen LogP contribution in [0.5, 0.6) is 11.5 Å². The molecule has 0 amide bonds. The maximum absolute atomic E-state index is 14.1. The van der Waals surface area contributed by atoms with Gasteiger partial charge in [0.2, 0.25) is 0 Å². The summed E-state index contributed by atoms with van der Waals surface area (Å²) in [5.74, 6) is -0.248. The van der Waals surface area contributed by atoms with Crippen molar-refractivity contribution < 1.29 is 28.5 Å². The van der Waals surface area contributed by atoms with Gasteiger partial charge in [-0.3, -0.25) is 0 Å². The van der Waals surface area contributed by atoms with Crippen LogP contribution in [0.25, 0.3) is 0 Å². The Balaban J connectivity index is 1.96. The molecular formula is C21H24ClFO5. The molecule has 0 aliphatic carbocycles. The highest BCUT2D eigenvalue weighted by molar-refractivity contribution is 6.30. The first-order chi connectivity index (χ1) is 13.2. The van der Waals surface area contributed by atoms with Crippen molar-refractivity contribution in [2.45, 2.75) is 38.6 Å². The largest absolute Gasteiger partial charge is 0.490 e. The summed E-state index contributed by atoms with van der Waals surface area (Å²) in [6.45, 7) is 4.59. The lowest BCUT2D eigenvalue weighted by Crippen LogP contribution is -2.37. The fraction of sp³-hybridized carbons (Fsp3) is 0.381. The lowest BCUT2D eigenvalue weighted by molar-refractivity contribution is -0.170. The van der Waals surface area contributed by atoms with E-state index in [0.717, 1.165) is 0 Å². The summed E-state index contributed by atoms with van der Waals surface area (Å²) in [7, 11) is 0. The van der Waals surface area contributed by atoms with Crippen molar-refractivity contribution in [3.8, 4) is 11.5 Å². The Hall–Kier alpha value is -2.31. The lowest BCUT2D eigenvalue weighted by atomic mass is 9.95. The third-order valence-electron chi connectivity index (χ3n) is 3.94. The quantitative estimate of drug-likeness (QED) is 0.605. The molecule has 28 heavy (non-hydrogen) atoms. The molecule has 0 unspecified atom stereocenters. The summed E-state index contributed by atoms with van der Waals surface area (Å²) < 4.78 is 30.5. The average Bonchev–Trinajstić information content (AvgIpc) is 2.65. The van der Waals surface area contributed by atoms with E-state index in [1.807, 2.05) is 0 Å². The van der Waals surface area contributed by atoms with Crippen LogP contribution in [0.15, 0.2) is 48.5 Å². The van der Waals surface area contributed by atoms with Gasteiger partial charge < -0.3 is 19.3 Å². The molecule has 0 radical (unpaired) electrons. The summed E-state index contributed by atoms with van der Waals surface area (Å²) in [5, 5.41) is 10.2. The summed E-state index contributed by atoms with van der Waals surface area (Å²) >= 11 is 5.79. The van der Waals surface area contributed by atoms with Crippen LogP contribution in [0.4, 0.5) is 4.39 Å². The summed E-state index contributed by atoms with van der Waals surface area (Å²) in [6.07, 6.45) is -1.65. The van der Waals surface area contributed by atoms with Crippen molar-refractivity contribution in [3.63, 3.8) is 0 Å². The van der Waals surface area contributed by atoms with E-state index in [1.165, 1.54) is 6.92 Å². The van der Waals surface area contributed by atoms with Gasteiger partial charge in [0.25, 0.3) is 0 Å². The highest BCUT2D eigenvalue weighted by Gasteiger charge is 2.37. The fourth-order valence-electron chi connectivity index (χ4n) is 2.55. The number of carboxylic acid groups (broad SMARTS) is 1. The number of alkyl halides is 1. The molecule has 1 N–H and O–H groups in total. The second kappa shape index (κ2) is 9.75. The smallest absolute Gasteiger partial charge is 0.340 e. The first-order valence-electron chi connectivity index (χ1n) is 8.87. The molecule has 2 rings (SSSR count). The minimum Gasteiger partial charge on any atom is -0.490 e. The van der Waals surface area contributed by atoms with Crippen molar-refractivity contribution in [1.82, 2.24) is 0 Å². The van der Waals surface area contributed by atoms with Gasteiger partial charge in [0.1, 0.15) is 24.7 Å². The van der Waals surface area contributed by atoms with E-state index in [4.69, 9.17) is 25.8 Å². The Bertz CT molecular complexity index is 781. The van der Waals surface area contributed by atoms with Gasteiger partial charge in [-0.15, -0.1) is 0 Å². The number of rotatable bonds is 10. The molecule has 7 heteroatoms.